The third kappa shape index (κ3) is 6.10. The van der Waals surface area contributed by atoms with Crippen molar-refractivity contribution in [2.75, 3.05) is 26.2 Å². The molecular formula is C25H26ClN5O10. The topological polar surface area (TPSA) is 177 Å². The van der Waals surface area contributed by atoms with Gasteiger partial charge < -0.3 is 28.9 Å². The first-order valence-electron chi connectivity index (χ1n) is 12.8. The minimum Gasteiger partial charge on any atom is -0.408 e. The summed E-state index contributed by atoms with van der Waals surface area (Å²) in [6.07, 6.45) is -1.89. The predicted molar refractivity (Wildman–Crippen MR) is 138 cm³/mol. The first-order chi connectivity index (χ1) is 19.6. The summed E-state index contributed by atoms with van der Waals surface area (Å²) >= 11 is 6.01. The number of hydrogen-bond acceptors (Lipinski definition) is 11. The standard InChI is InChI=1S/C25H26ClN5O10/c1-14-22(19-13-38-23(18(19)12-27-14)15-2-4-17(26)5-3-15)39-25(33)29-8-6-28(7-9-29)24(32)16-10-20(40-30(34)35)21(11-16)41-31(36)37/h2-5,12,16,20-21,23H,6-11,13H2,1H3/t16-,20-,21+,23-/m0/s1. The lowest BCUT2D eigenvalue weighted by Gasteiger charge is -2.35. The largest absolute Gasteiger partial charge is 0.415 e. The molecule has 2 aromatic rings. The van der Waals surface area contributed by atoms with Gasteiger partial charge in [-0.3, -0.25) is 9.78 Å². The molecule has 0 N–H and O–H groups in total. The average Bonchev–Trinajstić information content (AvgIpc) is 3.54. The first-order valence-corrected chi connectivity index (χ1v) is 13.2. The summed E-state index contributed by atoms with van der Waals surface area (Å²) in [6.45, 7) is 2.73. The molecule has 3 aliphatic rings. The molecule has 218 valence electrons. The number of ether oxygens (including phenoxy) is 2. The number of nitrogens with zero attached hydrogens (tertiary/aromatic N) is 5. The smallest absolute Gasteiger partial charge is 0.408 e. The van der Waals surface area contributed by atoms with E-state index in [0.29, 0.717) is 16.5 Å². The first kappa shape index (κ1) is 28.3. The monoisotopic (exact) mass is 591 g/mol. The Morgan fingerprint density at radius 1 is 1.00 bits per heavy atom. The van der Waals surface area contributed by atoms with Crippen molar-refractivity contribution in [1.82, 2.24) is 14.8 Å². The van der Waals surface area contributed by atoms with E-state index in [0.717, 1.165) is 16.7 Å². The quantitative estimate of drug-likeness (QED) is 0.341. The molecule has 1 saturated carbocycles. The second-order valence-electron chi connectivity index (χ2n) is 9.93. The van der Waals surface area contributed by atoms with E-state index in [1.54, 1.807) is 25.3 Å². The van der Waals surface area contributed by atoms with Gasteiger partial charge in [0.1, 0.15) is 18.3 Å². The van der Waals surface area contributed by atoms with Gasteiger partial charge in [-0.15, -0.1) is 20.2 Å². The second-order valence-corrected chi connectivity index (χ2v) is 10.4. The van der Waals surface area contributed by atoms with Crippen molar-refractivity contribution in [3.05, 3.63) is 78.1 Å². The van der Waals surface area contributed by atoms with Crippen LogP contribution in [-0.4, -0.2) is 75.3 Å². The van der Waals surface area contributed by atoms with Crippen LogP contribution in [0.1, 0.15) is 41.3 Å². The molecule has 41 heavy (non-hydrogen) atoms. The number of carbonyl (C=O) groups is 2. The maximum Gasteiger partial charge on any atom is 0.415 e. The number of aryl methyl sites for hydroxylation is 1. The normalized spacial score (nSPS) is 23.6. The molecule has 1 aromatic heterocycles. The van der Waals surface area contributed by atoms with Gasteiger partial charge in [0.05, 0.1) is 12.3 Å². The average molecular weight is 592 g/mol. The van der Waals surface area contributed by atoms with E-state index in [4.69, 9.17) is 21.1 Å². The Morgan fingerprint density at radius 2 is 1.59 bits per heavy atom. The van der Waals surface area contributed by atoms with Crippen LogP contribution in [0.5, 0.6) is 5.75 Å². The molecule has 1 saturated heterocycles. The highest BCUT2D eigenvalue weighted by Crippen LogP contribution is 2.41. The zero-order chi connectivity index (χ0) is 29.3. The Morgan fingerprint density at radius 3 is 2.17 bits per heavy atom. The highest BCUT2D eigenvalue weighted by Gasteiger charge is 2.44. The summed E-state index contributed by atoms with van der Waals surface area (Å²) in [5.41, 5.74) is 2.96. The zero-order valence-electron chi connectivity index (χ0n) is 21.8. The van der Waals surface area contributed by atoms with E-state index >= 15 is 0 Å². The number of halogens is 1. The van der Waals surface area contributed by atoms with Crippen LogP contribution in [0.15, 0.2) is 30.5 Å². The fourth-order valence-electron chi connectivity index (χ4n) is 5.46. The van der Waals surface area contributed by atoms with Gasteiger partial charge in [0.2, 0.25) is 5.91 Å². The third-order valence-electron chi connectivity index (χ3n) is 7.48. The predicted octanol–water partition coefficient (Wildman–Crippen LogP) is 2.87. The van der Waals surface area contributed by atoms with Crippen LogP contribution in [-0.2, 0) is 25.8 Å². The van der Waals surface area contributed by atoms with E-state index in [-0.39, 0.29) is 57.6 Å². The summed E-state index contributed by atoms with van der Waals surface area (Å²) in [7, 11) is 0. The summed E-state index contributed by atoms with van der Waals surface area (Å²) in [5.74, 6) is -0.754. The van der Waals surface area contributed by atoms with Crippen molar-refractivity contribution >= 4 is 23.6 Å². The van der Waals surface area contributed by atoms with Crippen LogP contribution in [0.3, 0.4) is 0 Å². The van der Waals surface area contributed by atoms with Crippen molar-refractivity contribution in [2.45, 2.75) is 44.7 Å². The Labute approximate surface area is 238 Å². The fraction of sp³-hybridized carbons (Fsp3) is 0.480. The number of hydrogen-bond donors (Lipinski definition) is 0. The van der Waals surface area contributed by atoms with Crippen molar-refractivity contribution in [3.63, 3.8) is 0 Å². The van der Waals surface area contributed by atoms with Gasteiger partial charge in [-0.25, -0.2) is 4.79 Å². The van der Waals surface area contributed by atoms with Crippen LogP contribution < -0.4 is 4.74 Å². The molecule has 0 unspecified atom stereocenters. The minimum absolute atomic E-state index is 0.0922. The summed E-state index contributed by atoms with van der Waals surface area (Å²) in [5, 5.41) is 20.0. The lowest BCUT2D eigenvalue weighted by Crippen LogP contribution is -2.52. The summed E-state index contributed by atoms with van der Waals surface area (Å²) < 4.78 is 11.8. The van der Waals surface area contributed by atoms with Gasteiger partial charge in [-0.1, -0.05) is 23.7 Å². The van der Waals surface area contributed by atoms with Gasteiger partial charge >= 0.3 is 6.09 Å². The molecule has 0 bridgehead atoms. The van der Waals surface area contributed by atoms with Crippen LogP contribution >= 0.6 is 11.6 Å². The number of rotatable bonds is 7. The Bertz CT molecular complexity index is 1330. The highest BCUT2D eigenvalue weighted by molar-refractivity contribution is 6.30. The van der Waals surface area contributed by atoms with Gasteiger partial charge in [0, 0.05) is 54.4 Å². The van der Waals surface area contributed by atoms with E-state index in [2.05, 4.69) is 14.7 Å². The van der Waals surface area contributed by atoms with Crippen LogP contribution in [0.25, 0.3) is 0 Å². The number of pyridine rings is 1. The SMILES string of the molecule is Cc1ncc2c(c1OC(=O)N1CCN(C(=O)[C@H]3C[C@H](O[N+](=O)[O-])[C@H](O[N+](=O)[O-])C3)CC1)CO[C@H]2c1ccc(Cl)cc1. The molecule has 2 amide bonds. The number of fused-ring (bicyclic) bond motifs is 1. The molecule has 3 heterocycles. The number of benzene rings is 1. The van der Waals surface area contributed by atoms with Gasteiger partial charge in [0.25, 0.3) is 10.2 Å². The van der Waals surface area contributed by atoms with Crippen molar-refractivity contribution in [3.8, 4) is 5.75 Å². The van der Waals surface area contributed by atoms with E-state index in [1.807, 2.05) is 12.1 Å². The summed E-state index contributed by atoms with van der Waals surface area (Å²) in [4.78, 5) is 64.1. The maximum atomic E-state index is 13.1. The van der Waals surface area contributed by atoms with Crippen molar-refractivity contribution < 1.29 is 38.9 Å². The lowest BCUT2D eigenvalue weighted by molar-refractivity contribution is -0.797. The number of piperazine rings is 1. The Balaban J connectivity index is 1.19. The second kappa shape index (κ2) is 11.7. The van der Waals surface area contributed by atoms with Crippen molar-refractivity contribution in [1.29, 1.82) is 0 Å². The fourth-order valence-corrected chi connectivity index (χ4v) is 5.58. The molecule has 16 heteroatoms. The van der Waals surface area contributed by atoms with Crippen LogP contribution in [0.2, 0.25) is 5.02 Å². The van der Waals surface area contributed by atoms with Gasteiger partial charge in [-0.05, 0) is 37.5 Å². The molecule has 15 nitrogen and oxygen atoms in total. The van der Waals surface area contributed by atoms with Crippen LogP contribution in [0, 0.1) is 33.1 Å². The molecule has 0 radical (unpaired) electrons. The molecule has 0 spiro atoms. The molecule has 1 aromatic carbocycles. The third-order valence-corrected chi connectivity index (χ3v) is 7.73. The molecule has 2 aliphatic heterocycles. The molecule has 1 aliphatic carbocycles. The Hall–Kier alpha value is -4.24. The highest BCUT2D eigenvalue weighted by atomic mass is 35.5. The van der Waals surface area contributed by atoms with E-state index in [1.165, 1.54) is 9.80 Å². The number of amides is 2. The minimum atomic E-state index is -1.23. The van der Waals surface area contributed by atoms with E-state index < -0.39 is 34.4 Å². The number of aromatic nitrogens is 1. The molecule has 5 rings (SSSR count). The van der Waals surface area contributed by atoms with Crippen molar-refractivity contribution in [2.24, 2.45) is 5.92 Å². The Kier molecular flexibility index (Phi) is 8.08. The molecular weight excluding hydrogens is 566 g/mol. The molecule has 4 atom stereocenters. The van der Waals surface area contributed by atoms with Crippen LogP contribution in [0.4, 0.5) is 4.79 Å². The zero-order valence-corrected chi connectivity index (χ0v) is 22.6. The maximum absolute atomic E-state index is 13.1. The molecule has 2 fully saturated rings. The van der Waals surface area contributed by atoms with Gasteiger partial charge in [-0.2, -0.15) is 0 Å². The van der Waals surface area contributed by atoms with Gasteiger partial charge in [0.15, 0.2) is 5.75 Å². The van der Waals surface area contributed by atoms with E-state index in [9.17, 15) is 29.8 Å². The lowest BCUT2D eigenvalue weighted by atomic mass is 10.0. The summed E-state index contributed by atoms with van der Waals surface area (Å²) in [6, 6.07) is 7.28. The number of carbonyl (C=O) groups excluding carboxylic acids is 2.